The molecule has 0 fully saturated rings. The molecule has 0 bridgehead atoms. The first-order valence-corrected chi connectivity index (χ1v) is 9.01. The van der Waals surface area contributed by atoms with Gasteiger partial charge in [0.1, 0.15) is 19.0 Å². The lowest BCUT2D eigenvalue weighted by Crippen LogP contribution is -2.30. The Morgan fingerprint density at radius 3 is 2.76 bits per heavy atom. The second-order valence-corrected chi connectivity index (χ2v) is 7.01. The zero-order valence-corrected chi connectivity index (χ0v) is 15.1. The summed E-state index contributed by atoms with van der Waals surface area (Å²) in [6.45, 7) is 3.45. The van der Waals surface area contributed by atoms with E-state index in [0.29, 0.717) is 19.8 Å². The van der Waals surface area contributed by atoms with E-state index in [9.17, 15) is 4.79 Å². The first-order valence-electron chi connectivity index (χ1n) is 8.13. The van der Waals surface area contributed by atoms with Crippen LogP contribution in [0.5, 0.6) is 17.2 Å². The van der Waals surface area contributed by atoms with Gasteiger partial charge in [0.15, 0.2) is 11.5 Å². The number of carbonyl (C=O) groups is 1. The minimum absolute atomic E-state index is 0.0224. The Morgan fingerprint density at radius 2 is 1.96 bits per heavy atom. The lowest BCUT2D eigenvalue weighted by atomic mass is 10.2. The van der Waals surface area contributed by atoms with Crippen LogP contribution in [-0.2, 0) is 11.3 Å². The van der Waals surface area contributed by atoms with Crippen molar-refractivity contribution in [2.75, 3.05) is 20.3 Å². The second-order valence-electron chi connectivity index (χ2n) is 5.60. The van der Waals surface area contributed by atoms with Gasteiger partial charge in [-0.25, -0.2) is 0 Å². The van der Waals surface area contributed by atoms with Gasteiger partial charge >= 0.3 is 0 Å². The van der Waals surface area contributed by atoms with Crippen molar-refractivity contribution in [1.29, 1.82) is 0 Å². The number of hydrogen-bond donors (Lipinski definition) is 1. The SMILES string of the molecule is COc1ccccc1CNC(=O)C(C)Sc1ccc2c(c1)OCCO2. The molecule has 2 aromatic rings. The van der Waals surface area contributed by atoms with Gasteiger partial charge in [0.05, 0.1) is 12.4 Å². The molecule has 0 aliphatic carbocycles. The smallest absolute Gasteiger partial charge is 0.233 e. The van der Waals surface area contributed by atoms with Gasteiger partial charge in [-0.05, 0) is 31.2 Å². The predicted molar refractivity (Wildman–Crippen MR) is 97.6 cm³/mol. The molecule has 1 amide bonds. The average molecular weight is 359 g/mol. The van der Waals surface area contributed by atoms with Crippen LogP contribution in [0, 0.1) is 0 Å². The number of rotatable bonds is 6. The summed E-state index contributed by atoms with van der Waals surface area (Å²) in [5, 5.41) is 2.74. The molecular weight excluding hydrogens is 338 g/mol. The maximum Gasteiger partial charge on any atom is 0.233 e. The number of para-hydroxylation sites is 1. The molecule has 0 saturated heterocycles. The quantitative estimate of drug-likeness (QED) is 0.803. The van der Waals surface area contributed by atoms with Crippen molar-refractivity contribution >= 4 is 17.7 Å². The third-order valence-electron chi connectivity index (χ3n) is 3.84. The van der Waals surface area contributed by atoms with E-state index in [1.165, 1.54) is 11.8 Å². The van der Waals surface area contributed by atoms with Gasteiger partial charge in [-0.2, -0.15) is 0 Å². The monoisotopic (exact) mass is 359 g/mol. The highest BCUT2D eigenvalue weighted by molar-refractivity contribution is 8.00. The van der Waals surface area contributed by atoms with E-state index < -0.39 is 0 Å². The van der Waals surface area contributed by atoms with Crippen LogP contribution in [-0.4, -0.2) is 31.5 Å². The molecule has 1 heterocycles. The average Bonchev–Trinajstić information content (AvgIpc) is 2.66. The Labute approximate surface area is 151 Å². The molecule has 6 heteroatoms. The maximum atomic E-state index is 12.4. The molecule has 1 aliphatic heterocycles. The van der Waals surface area contributed by atoms with Gasteiger partial charge in [-0.1, -0.05) is 18.2 Å². The first kappa shape index (κ1) is 17.5. The highest BCUT2D eigenvalue weighted by atomic mass is 32.2. The molecule has 5 nitrogen and oxygen atoms in total. The van der Waals surface area contributed by atoms with Crippen molar-refractivity contribution in [1.82, 2.24) is 5.32 Å². The van der Waals surface area contributed by atoms with Gasteiger partial charge in [0, 0.05) is 17.0 Å². The fourth-order valence-electron chi connectivity index (χ4n) is 2.53. The summed E-state index contributed by atoms with van der Waals surface area (Å²) in [5.74, 6) is 2.24. The fraction of sp³-hybridized carbons (Fsp3) is 0.316. The zero-order valence-electron chi connectivity index (χ0n) is 14.3. The molecule has 25 heavy (non-hydrogen) atoms. The lowest BCUT2D eigenvalue weighted by molar-refractivity contribution is -0.120. The fourth-order valence-corrected chi connectivity index (χ4v) is 3.45. The molecule has 132 valence electrons. The topological polar surface area (TPSA) is 56.8 Å². The van der Waals surface area contributed by atoms with Crippen LogP contribution < -0.4 is 19.5 Å². The van der Waals surface area contributed by atoms with Gasteiger partial charge in [-0.3, -0.25) is 4.79 Å². The van der Waals surface area contributed by atoms with E-state index in [-0.39, 0.29) is 11.2 Å². The van der Waals surface area contributed by atoms with Crippen LogP contribution in [0.2, 0.25) is 0 Å². The lowest BCUT2D eigenvalue weighted by Gasteiger charge is -2.19. The Hall–Kier alpha value is -2.34. The number of methoxy groups -OCH3 is 1. The van der Waals surface area contributed by atoms with Crippen molar-refractivity contribution in [3.63, 3.8) is 0 Å². The Balaban J connectivity index is 1.57. The van der Waals surface area contributed by atoms with Crippen molar-refractivity contribution < 1.29 is 19.0 Å². The summed E-state index contributed by atoms with van der Waals surface area (Å²) in [4.78, 5) is 13.4. The molecule has 3 rings (SSSR count). The van der Waals surface area contributed by atoms with Crippen molar-refractivity contribution in [3.8, 4) is 17.2 Å². The summed E-state index contributed by atoms with van der Waals surface area (Å²) in [6, 6.07) is 13.4. The van der Waals surface area contributed by atoms with Crippen LogP contribution >= 0.6 is 11.8 Å². The number of fused-ring (bicyclic) bond motifs is 1. The van der Waals surface area contributed by atoms with E-state index in [4.69, 9.17) is 14.2 Å². The number of nitrogens with one attached hydrogen (secondary N) is 1. The molecule has 1 unspecified atom stereocenters. The van der Waals surface area contributed by atoms with Crippen molar-refractivity contribution in [3.05, 3.63) is 48.0 Å². The highest BCUT2D eigenvalue weighted by Gasteiger charge is 2.17. The molecule has 0 spiro atoms. The van der Waals surface area contributed by atoms with E-state index in [2.05, 4.69) is 5.32 Å². The number of amides is 1. The van der Waals surface area contributed by atoms with E-state index in [0.717, 1.165) is 27.7 Å². The van der Waals surface area contributed by atoms with Crippen LogP contribution in [0.25, 0.3) is 0 Å². The predicted octanol–water partition coefficient (Wildman–Crippen LogP) is 3.26. The third-order valence-corrected chi connectivity index (χ3v) is 4.94. The van der Waals surface area contributed by atoms with Crippen LogP contribution in [0.3, 0.4) is 0 Å². The Morgan fingerprint density at radius 1 is 1.20 bits per heavy atom. The van der Waals surface area contributed by atoms with Crippen LogP contribution in [0.1, 0.15) is 12.5 Å². The molecule has 2 aromatic carbocycles. The van der Waals surface area contributed by atoms with Crippen molar-refractivity contribution in [2.45, 2.75) is 23.6 Å². The Bertz CT molecular complexity index is 750. The maximum absolute atomic E-state index is 12.4. The second kappa shape index (κ2) is 8.16. The molecule has 0 saturated carbocycles. The van der Waals surface area contributed by atoms with Gasteiger partial charge in [0.25, 0.3) is 0 Å². The number of benzene rings is 2. The third kappa shape index (κ3) is 4.39. The zero-order chi connectivity index (χ0) is 17.6. The summed E-state index contributed by atoms with van der Waals surface area (Å²) in [5.41, 5.74) is 0.954. The number of thioether (sulfide) groups is 1. The van der Waals surface area contributed by atoms with Crippen molar-refractivity contribution in [2.24, 2.45) is 0 Å². The first-order chi connectivity index (χ1) is 12.2. The number of ether oxygens (including phenoxy) is 3. The molecule has 1 aliphatic rings. The molecule has 1 atom stereocenters. The molecule has 1 N–H and O–H groups in total. The summed E-state index contributed by atoms with van der Waals surface area (Å²) >= 11 is 1.49. The van der Waals surface area contributed by atoms with Gasteiger partial charge < -0.3 is 19.5 Å². The number of carbonyl (C=O) groups excluding carboxylic acids is 1. The Kier molecular flexibility index (Phi) is 5.71. The minimum Gasteiger partial charge on any atom is -0.496 e. The normalized spacial score (nSPS) is 13.8. The summed E-state index contributed by atoms with van der Waals surface area (Å²) in [7, 11) is 1.63. The standard InChI is InChI=1S/C19H21NO4S/c1-13(19(21)20-12-14-5-3-4-6-16(14)22-2)25-15-7-8-17-18(11-15)24-10-9-23-17/h3-8,11,13H,9-10,12H2,1-2H3,(H,20,21). The minimum atomic E-state index is -0.225. The van der Waals surface area contributed by atoms with Crippen LogP contribution in [0.4, 0.5) is 0 Å². The largest absolute Gasteiger partial charge is 0.496 e. The number of hydrogen-bond acceptors (Lipinski definition) is 5. The van der Waals surface area contributed by atoms with E-state index >= 15 is 0 Å². The highest BCUT2D eigenvalue weighted by Crippen LogP contribution is 2.35. The van der Waals surface area contributed by atoms with Crippen LogP contribution in [0.15, 0.2) is 47.4 Å². The van der Waals surface area contributed by atoms with Gasteiger partial charge in [-0.15, -0.1) is 11.8 Å². The summed E-state index contributed by atoms with van der Waals surface area (Å²) < 4.78 is 16.4. The van der Waals surface area contributed by atoms with E-state index in [1.807, 2.05) is 49.4 Å². The molecular formula is C19H21NO4S. The van der Waals surface area contributed by atoms with Gasteiger partial charge in [0.2, 0.25) is 5.91 Å². The molecule has 0 aromatic heterocycles. The molecule has 0 radical (unpaired) electrons. The van der Waals surface area contributed by atoms with E-state index in [1.54, 1.807) is 7.11 Å². The summed E-state index contributed by atoms with van der Waals surface area (Å²) in [6.07, 6.45) is 0.